The van der Waals surface area contributed by atoms with Gasteiger partial charge in [-0.25, -0.2) is 0 Å². The highest BCUT2D eigenvalue weighted by atomic mass is 32.1. The maximum Gasteiger partial charge on any atom is 0.240 e. The van der Waals surface area contributed by atoms with Gasteiger partial charge in [0.15, 0.2) is 10.6 Å². The number of carbonyl (C=O) groups is 2. The smallest absolute Gasteiger partial charge is 0.240 e. The minimum Gasteiger partial charge on any atom is -0.497 e. The van der Waals surface area contributed by atoms with Gasteiger partial charge in [-0.05, 0) is 42.9 Å². The van der Waals surface area contributed by atoms with E-state index in [2.05, 4.69) is 20.8 Å². The Kier molecular flexibility index (Phi) is 6.70. The number of aromatic nitrogens is 3. The molecule has 0 unspecified atom stereocenters. The number of aromatic amines is 1. The van der Waals surface area contributed by atoms with Crippen LogP contribution in [0.5, 0.6) is 5.75 Å². The quantitative estimate of drug-likeness (QED) is 0.613. The zero-order valence-corrected chi connectivity index (χ0v) is 15.0. The van der Waals surface area contributed by atoms with Crippen LogP contribution in [0, 0.1) is 4.77 Å². The molecule has 0 aliphatic carbocycles. The lowest BCUT2D eigenvalue weighted by atomic mass is 10.2. The largest absolute Gasteiger partial charge is 0.497 e. The average Bonchev–Trinajstić information content (AvgIpc) is 2.98. The monoisotopic (exact) mass is 363 g/mol. The summed E-state index contributed by atoms with van der Waals surface area (Å²) >= 11 is 5.19. The number of nitrogens with one attached hydrogen (secondary N) is 3. The Bertz CT molecular complexity index is 782. The number of amides is 2. The topological polar surface area (TPSA) is 101 Å². The van der Waals surface area contributed by atoms with Crippen molar-refractivity contribution in [2.75, 3.05) is 20.2 Å². The van der Waals surface area contributed by atoms with Gasteiger partial charge in [0.2, 0.25) is 11.8 Å². The first kappa shape index (κ1) is 18.7. The third kappa shape index (κ3) is 5.15. The molecule has 0 saturated carbocycles. The number of hydrogen-bond acceptors (Lipinski definition) is 5. The van der Waals surface area contributed by atoms with Crippen molar-refractivity contribution >= 4 is 24.0 Å². The first-order chi connectivity index (χ1) is 12.0. The number of methoxy groups -OCH3 is 1. The fourth-order valence-corrected chi connectivity index (χ4v) is 2.33. The van der Waals surface area contributed by atoms with Gasteiger partial charge in [-0.1, -0.05) is 6.92 Å². The number of hydrogen-bond donors (Lipinski definition) is 3. The molecule has 3 N–H and O–H groups in total. The van der Waals surface area contributed by atoms with Gasteiger partial charge < -0.3 is 15.4 Å². The molecule has 0 fully saturated rings. The van der Waals surface area contributed by atoms with Crippen LogP contribution in [-0.4, -0.2) is 46.8 Å². The number of carbonyl (C=O) groups excluding carboxylic acids is 2. The Balaban J connectivity index is 2.04. The maximum atomic E-state index is 12.1. The van der Waals surface area contributed by atoms with Crippen molar-refractivity contribution in [3.63, 3.8) is 0 Å². The Morgan fingerprint density at radius 3 is 2.60 bits per heavy atom. The van der Waals surface area contributed by atoms with Crippen LogP contribution in [0.15, 0.2) is 24.3 Å². The van der Waals surface area contributed by atoms with Crippen molar-refractivity contribution in [1.82, 2.24) is 25.4 Å². The highest BCUT2D eigenvalue weighted by Crippen LogP contribution is 2.20. The summed E-state index contributed by atoms with van der Waals surface area (Å²) in [6.45, 7) is 2.45. The number of H-pyrrole nitrogens is 1. The van der Waals surface area contributed by atoms with Gasteiger partial charge in [0.1, 0.15) is 12.3 Å². The summed E-state index contributed by atoms with van der Waals surface area (Å²) in [5, 5.41) is 12.1. The third-order valence-corrected chi connectivity index (χ3v) is 3.74. The first-order valence-electron chi connectivity index (χ1n) is 7.88. The van der Waals surface area contributed by atoms with Gasteiger partial charge in [0.25, 0.3) is 0 Å². The van der Waals surface area contributed by atoms with Crippen LogP contribution >= 0.6 is 12.2 Å². The van der Waals surface area contributed by atoms with E-state index in [4.69, 9.17) is 17.0 Å². The van der Waals surface area contributed by atoms with Crippen LogP contribution in [0.2, 0.25) is 0 Å². The van der Waals surface area contributed by atoms with Gasteiger partial charge in [0.05, 0.1) is 13.7 Å². The average molecular weight is 363 g/mol. The molecule has 1 aromatic carbocycles. The predicted octanol–water partition coefficient (Wildman–Crippen LogP) is 1.26. The summed E-state index contributed by atoms with van der Waals surface area (Å²) in [6, 6.07) is 7.26. The molecule has 0 bridgehead atoms. The van der Waals surface area contributed by atoms with Crippen LogP contribution in [0.1, 0.15) is 13.3 Å². The normalized spacial score (nSPS) is 10.3. The van der Waals surface area contributed by atoms with E-state index in [1.54, 1.807) is 23.8 Å². The molecule has 2 amide bonds. The summed E-state index contributed by atoms with van der Waals surface area (Å²) in [6.07, 6.45) is 0.842. The zero-order valence-electron chi connectivity index (χ0n) is 14.2. The molecule has 2 aromatic rings. The van der Waals surface area contributed by atoms with Crippen molar-refractivity contribution in [2.24, 2.45) is 0 Å². The van der Waals surface area contributed by atoms with Gasteiger partial charge in [-0.2, -0.15) is 5.10 Å². The Morgan fingerprint density at radius 1 is 1.24 bits per heavy atom. The highest BCUT2D eigenvalue weighted by Gasteiger charge is 2.13. The summed E-state index contributed by atoms with van der Waals surface area (Å²) in [4.78, 5) is 23.6. The maximum absolute atomic E-state index is 12.1. The second kappa shape index (κ2) is 8.97. The van der Waals surface area contributed by atoms with E-state index >= 15 is 0 Å². The summed E-state index contributed by atoms with van der Waals surface area (Å²) in [5.74, 6) is 0.721. The molecule has 0 radical (unpaired) electrons. The van der Waals surface area contributed by atoms with E-state index in [9.17, 15) is 9.59 Å². The second-order valence-electron chi connectivity index (χ2n) is 5.29. The van der Waals surface area contributed by atoms with Crippen molar-refractivity contribution in [2.45, 2.75) is 19.9 Å². The van der Waals surface area contributed by atoms with E-state index in [1.165, 1.54) is 0 Å². The van der Waals surface area contributed by atoms with Crippen LogP contribution in [0.3, 0.4) is 0 Å². The minimum absolute atomic E-state index is 0.0300. The molecule has 1 heterocycles. The van der Waals surface area contributed by atoms with Crippen LogP contribution in [0.25, 0.3) is 11.4 Å². The van der Waals surface area contributed by atoms with E-state index in [-0.39, 0.29) is 24.9 Å². The van der Waals surface area contributed by atoms with Gasteiger partial charge in [-0.3, -0.25) is 19.3 Å². The SMILES string of the molecule is CCCNC(=O)CNC(=O)Cn1c(-c2ccc(OC)cc2)n[nH]c1=S. The molecule has 134 valence electrons. The molecule has 0 spiro atoms. The van der Waals surface area contributed by atoms with Gasteiger partial charge >= 0.3 is 0 Å². The Labute approximate surface area is 150 Å². The Hall–Kier alpha value is -2.68. The van der Waals surface area contributed by atoms with Gasteiger partial charge in [-0.15, -0.1) is 0 Å². The molecule has 0 atom stereocenters. The lowest BCUT2D eigenvalue weighted by Crippen LogP contribution is -2.38. The lowest BCUT2D eigenvalue weighted by Gasteiger charge is -2.09. The summed E-state index contributed by atoms with van der Waals surface area (Å²) in [7, 11) is 1.59. The molecule has 0 saturated heterocycles. The second-order valence-corrected chi connectivity index (χ2v) is 5.68. The van der Waals surface area contributed by atoms with Crippen molar-refractivity contribution in [3.8, 4) is 17.1 Å². The molecule has 2 rings (SSSR count). The van der Waals surface area contributed by atoms with Crippen LogP contribution < -0.4 is 15.4 Å². The molecular weight excluding hydrogens is 342 g/mol. The van der Waals surface area contributed by atoms with Crippen molar-refractivity contribution in [3.05, 3.63) is 29.0 Å². The van der Waals surface area contributed by atoms with E-state index in [1.807, 2.05) is 19.1 Å². The minimum atomic E-state index is -0.320. The number of ether oxygens (including phenoxy) is 1. The van der Waals surface area contributed by atoms with Crippen LogP contribution in [0.4, 0.5) is 0 Å². The highest BCUT2D eigenvalue weighted by molar-refractivity contribution is 7.71. The number of benzene rings is 1. The standard InChI is InChI=1S/C16H21N5O3S/c1-3-8-17-13(22)9-18-14(23)10-21-15(19-20-16(21)25)11-4-6-12(24-2)7-5-11/h4-7H,3,8-10H2,1-2H3,(H,17,22)(H,18,23)(H,20,25). The van der Waals surface area contributed by atoms with Gasteiger partial charge in [0, 0.05) is 12.1 Å². The van der Waals surface area contributed by atoms with E-state index in [0.717, 1.165) is 17.7 Å². The third-order valence-electron chi connectivity index (χ3n) is 3.43. The van der Waals surface area contributed by atoms with Crippen LogP contribution in [-0.2, 0) is 16.1 Å². The zero-order chi connectivity index (χ0) is 18.2. The summed E-state index contributed by atoms with van der Waals surface area (Å²) in [5.41, 5.74) is 0.793. The number of nitrogens with zero attached hydrogens (tertiary/aromatic N) is 2. The fourth-order valence-electron chi connectivity index (χ4n) is 2.13. The molecule has 0 aliphatic rings. The lowest BCUT2D eigenvalue weighted by molar-refractivity contribution is -0.126. The summed E-state index contributed by atoms with van der Waals surface area (Å²) < 4.78 is 7.04. The fraction of sp³-hybridized carbons (Fsp3) is 0.375. The van der Waals surface area contributed by atoms with E-state index in [0.29, 0.717) is 17.1 Å². The first-order valence-corrected chi connectivity index (χ1v) is 8.29. The molecule has 1 aromatic heterocycles. The van der Waals surface area contributed by atoms with Crippen molar-refractivity contribution in [1.29, 1.82) is 0 Å². The van der Waals surface area contributed by atoms with Crippen molar-refractivity contribution < 1.29 is 14.3 Å². The number of rotatable bonds is 8. The Morgan fingerprint density at radius 2 is 1.96 bits per heavy atom. The van der Waals surface area contributed by atoms with E-state index < -0.39 is 0 Å². The molecule has 0 aliphatic heterocycles. The molecule has 8 nitrogen and oxygen atoms in total. The molecular formula is C16H21N5O3S. The molecule has 25 heavy (non-hydrogen) atoms. The predicted molar refractivity (Wildman–Crippen MR) is 95.7 cm³/mol. The molecule has 9 heteroatoms.